The van der Waals surface area contributed by atoms with Crippen LogP contribution in [0, 0.1) is 13.8 Å². The van der Waals surface area contributed by atoms with Crippen LogP contribution in [0.25, 0.3) is 33.9 Å². The fourth-order valence-corrected chi connectivity index (χ4v) is 3.12. The Morgan fingerprint density at radius 1 is 0.929 bits per heavy atom. The van der Waals surface area contributed by atoms with Gasteiger partial charge in [0.2, 0.25) is 0 Å². The molecule has 2 aromatic carbocycles. The number of carbonyl (C=O) groups is 1. The van der Waals surface area contributed by atoms with E-state index >= 15 is 0 Å². The molecule has 2 aliphatic heterocycles. The Balaban J connectivity index is 1.62. The number of fused-ring (bicyclic) bond motifs is 1. The molecular weight excluding hydrogens is 350 g/mol. The Bertz CT molecular complexity index is 1110. The van der Waals surface area contributed by atoms with Crippen LogP contribution in [-0.4, -0.2) is 20.4 Å². The minimum atomic E-state index is -0.272. The molecular formula is C22H21N5O. The van der Waals surface area contributed by atoms with Gasteiger partial charge in [0.1, 0.15) is 12.2 Å². The largest absolute Gasteiger partial charge is 0.343 e. The number of hydrogen-bond donors (Lipinski definition) is 2. The Kier molecular flexibility index (Phi) is 4.63. The van der Waals surface area contributed by atoms with Gasteiger partial charge in [-0.15, -0.1) is 0 Å². The number of benzene rings is 2. The number of aryl methyl sites for hydroxylation is 2. The SMILES string of the molecule is Cc1ccc(-c2ccc(-c3nc4ccn(CC(=O)NN)cc-4n3)cc2)cc1C. The quantitative estimate of drug-likeness (QED) is 0.327. The molecule has 140 valence electrons. The van der Waals surface area contributed by atoms with Crippen LogP contribution in [0.1, 0.15) is 11.1 Å². The van der Waals surface area contributed by atoms with Gasteiger partial charge in [-0.05, 0) is 42.2 Å². The standard InChI is InChI=1S/C22H21N5O/c1-14-3-4-18(11-15(14)2)16-5-7-17(8-6-16)22-24-19-9-10-27(12-20(19)25-22)13-21(28)26-23/h3-12H,13,23H2,1-2H3,(H,26,28). The summed E-state index contributed by atoms with van der Waals surface area (Å²) in [5.74, 6) is 5.54. The summed E-state index contributed by atoms with van der Waals surface area (Å²) in [5, 5.41) is 0. The highest BCUT2D eigenvalue weighted by Gasteiger charge is 2.13. The zero-order chi connectivity index (χ0) is 19.7. The molecule has 28 heavy (non-hydrogen) atoms. The normalized spacial score (nSPS) is 11.0. The van der Waals surface area contributed by atoms with Crippen molar-refractivity contribution in [1.82, 2.24) is 20.0 Å². The maximum atomic E-state index is 11.4. The maximum Gasteiger partial charge on any atom is 0.253 e. The molecule has 0 saturated carbocycles. The van der Waals surface area contributed by atoms with Crippen LogP contribution in [0.4, 0.5) is 0 Å². The van der Waals surface area contributed by atoms with Crippen LogP contribution >= 0.6 is 0 Å². The second kappa shape index (κ2) is 7.25. The van der Waals surface area contributed by atoms with Gasteiger partial charge in [0.25, 0.3) is 5.91 Å². The van der Waals surface area contributed by atoms with E-state index in [1.807, 2.05) is 18.2 Å². The van der Waals surface area contributed by atoms with Crippen molar-refractivity contribution in [3.63, 3.8) is 0 Å². The van der Waals surface area contributed by atoms with Crippen LogP contribution < -0.4 is 11.3 Å². The van der Waals surface area contributed by atoms with Crippen molar-refractivity contribution in [3.05, 3.63) is 72.1 Å². The predicted octanol–water partition coefficient (Wildman–Crippen LogP) is 3.32. The molecule has 4 rings (SSSR count). The summed E-state index contributed by atoms with van der Waals surface area (Å²) in [6.07, 6.45) is 3.59. The minimum Gasteiger partial charge on any atom is -0.343 e. The van der Waals surface area contributed by atoms with Crippen LogP contribution in [0.15, 0.2) is 60.9 Å². The molecule has 0 aliphatic carbocycles. The lowest BCUT2D eigenvalue weighted by Gasteiger charge is -2.06. The van der Waals surface area contributed by atoms with Gasteiger partial charge in [0.05, 0.1) is 5.69 Å². The minimum absolute atomic E-state index is 0.138. The highest BCUT2D eigenvalue weighted by atomic mass is 16.2. The first-order valence-corrected chi connectivity index (χ1v) is 9.04. The third kappa shape index (κ3) is 3.50. The van der Waals surface area contributed by atoms with Crippen LogP contribution in [0.3, 0.4) is 0 Å². The van der Waals surface area contributed by atoms with Gasteiger partial charge < -0.3 is 4.57 Å². The van der Waals surface area contributed by atoms with E-state index in [2.05, 4.69) is 59.6 Å². The van der Waals surface area contributed by atoms with Gasteiger partial charge in [0, 0.05) is 18.0 Å². The fourth-order valence-electron chi connectivity index (χ4n) is 3.12. The van der Waals surface area contributed by atoms with Gasteiger partial charge in [-0.1, -0.05) is 42.5 Å². The smallest absolute Gasteiger partial charge is 0.253 e. The van der Waals surface area contributed by atoms with E-state index in [9.17, 15) is 4.79 Å². The van der Waals surface area contributed by atoms with Crippen molar-refractivity contribution < 1.29 is 4.79 Å². The number of amides is 1. The van der Waals surface area contributed by atoms with Gasteiger partial charge in [-0.2, -0.15) is 0 Å². The van der Waals surface area contributed by atoms with Crippen LogP contribution in [0.5, 0.6) is 0 Å². The molecule has 0 bridgehead atoms. The molecule has 0 unspecified atom stereocenters. The molecule has 0 aromatic heterocycles. The second-order valence-electron chi connectivity index (χ2n) is 6.88. The lowest BCUT2D eigenvalue weighted by molar-refractivity contribution is -0.121. The maximum absolute atomic E-state index is 11.4. The summed E-state index contributed by atoms with van der Waals surface area (Å²) < 4.78 is 1.73. The van der Waals surface area contributed by atoms with Crippen molar-refractivity contribution >= 4 is 5.91 Å². The lowest BCUT2D eigenvalue weighted by atomic mass is 9.99. The van der Waals surface area contributed by atoms with Gasteiger partial charge >= 0.3 is 0 Å². The van der Waals surface area contributed by atoms with Crippen molar-refractivity contribution in [3.8, 4) is 33.9 Å². The van der Waals surface area contributed by atoms with Crippen molar-refractivity contribution in [2.24, 2.45) is 5.84 Å². The average molecular weight is 371 g/mol. The highest BCUT2D eigenvalue weighted by Crippen LogP contribution is 2.28. The first-order chi connectivity index (χ1) is 13.5. The molecule has 2 heterocycles. The van der Waals surface area contributed by atoms with E-state index in [0.29, 0.717) is 5.82 Å². The third-order valence-corrected chi connectivity index (χ3v) is 4.90. The fraction of sp³-hybridized carbons (Fsp3) is 0.136. The number of nitrogens with one attached hydrogen (secondary N) is 1. The lowest BCUT2D eigenvalue weighted by Crippen LogP contribution is -2.33. The zero-order valence-electron chi connectivity index (χ0n) is 15.8. The highest BCUT2D eigenvalue weighted by molar-refractivity contribution is 5.75. The topological polar surface area (TPSA) is 85.8 Å². The number of pyridine rings is 1. The molecule has 0 saturated heterocycles. The summed E-state index contributed by atoms with van der Waals surface area (Å²) in [6, 6.07) is 16.6. The molecule has 2 aromatic rings. The first-order valence-electron chi connectivity index (χ1n) is 9.04. The van der Waals surface area contributed by atoms with Crippen molar-refractivity contribution in [2.45, 2.75) is 20.4 Å². The van der Waals surface area contributed by atoms with Crippen molar-refractivity contribution in [2.75, 3.05) is 0 Å². The molecule has 0 atom stereocenters. The summed E-state index contributed by atoms with van der Waals surface area (Å²) in [7, 11) is 0. The number of imidazole rings is 1. The molecule has 6 heteroatoms. The van der Waals surface area contributed by atoms with Crippen LogP contribution in [0.2, 0.25) is 0 Å². The van der Waals surface area contributed by atoms with E-state index in [-0.39, 0.29) is 12.5 Å². The summed E-state index contributed by atoms with van der Waals surface area (Å²) in [6.45, 7) is 4.38. The number of carbonyl (C=O) groups excluding carboxylic acids is 1. The Hall–Kier alpha value is -3.51. The van der Waals surface area contributed by atoms with Gasteiger partial charge in [-0.3, -0.25) is 10.2 Å². The van der Waals surface area contributed by atoms with Gasteiger partial charge in [-0.25, -0.2) is 15.8 Å². The molecule has 6 nitrogen and oxygen atoms in total. The van der Waals surface area contributed by atoms with E-state index < -0.39 is 0 Å². The summed E-state index contributed by atoms with van der Waals surface area (Å²) in [4.78, 5) is 20.7. The number of aromatic nitrogens is 3. The van der Waals surface area contributed by atoms with E-state index in [0.717, 1.165) is 22.5 Å². The molecule has 0 radical (unpaired) electrons. The van der Waals surface area contributed by atoms with E-state index in [1.54, 1.807) is 17.0 Å². The molecule has 3 N–H and O–H groups in total. The number of hydrazine groups is 1. The zero-order valence-corrected chi connectivity index (χ0v) is 15.8. The van der Waals surface area contributed by atoms with Crippen LogP contribution in [-0.2, 0) is 11.3 Å². The van der Waals surface area contributed by atoms with E-state index in [4.69, 9.17) is 5.84 Å². The Morgan fingerprint density at radius 3 is 2.32 bits per heavy atom. The average Bonchev–Trinajstić information content (AvgIpc) is 3.13. The first kappa shape index (κ1) is 17.9. The molecule has 0 spiro atoms. The number of nitrogens with two attached hydrogens (primary N) is 1. The Morgan fingerprint density at radius 2 is 1.61 bits per heavy atom. The third-order valence-electron chi connectivity index (χ3n) is 4.90. The second-order valence-corrected chi connectivity index (χ2v) is 6.88. The van der Waals surface area contributed by atoms with Gasteiger partial charge in [0.15, 0.2) is 5.82 Å². The molecule has 0 fully saturated rings. The summed E-state index contributed by atoms with van der Waals surface area (Å²) in [5.41, 5.74) is 9.53. The Labute approximate surface area is 163 Å². The number of hydrogen-bond acceptors (Lipinski definition) is 4. The summed E-state index contributed by atoms with van der Waals surface area (Å²) >= 11 is 0. The molecule has 2 aliphatic rings. The van der Waals surface area contributed by atoms with Crippen molar-refractivity contribution in [1.29, 1.82) is 0 Å². The van der Waals surface area contributed by atoms with E-state index in [1.165, 1.54) is 16.7 Å². The number of nitrogens with zero attached hydrogens (tertiary/aromatic N) is 3. The predicted molar refractivity (Wildman–Crippen MR) is 109 cm³/mol. The number of rotatable bonds is 4. The molecule has 1 amide bonds. The monoisotopic (exact) mass is 371 g/mol.